The molecule has 0 bridgehead atoms. The number of amides is 1. The second kappa shape index (κ2) is 8.52. The van der Waals surface area contributed by atoms with E-state index in [1.807, 2.05) is 19.9 Å². The number of carbonyl (C=O) groups excluding carboxylic acids is 1. The highest BCUT2D eigenvalue weighted by atomic mass is 32.2. The standard InChI is InChI=1S/C24H24N2O4S2/c1-15(2)32(28,29)20-9-5-7-18(13-20)23(27)26(14-19-8-6-10-30-19)24-25-21-12-16(3)11-17(4)22(21)31-24/h5-13,15H,14H2,1-4H3. The molecule has 4 rings (SSSR count). The quantitative estimate of drug-likeness (QED) is 0.371. The molecule has 2 aromatic heterocycles. The van der Waals surface area contributed by atoms with Crippen LogP contribution in [0, 0.1) is 13.8 Å². The van der Waals surface area contributed by atoms with Gasteiger partial charge in [0.05, 0.1) is 33.2 Å². The Morgan fingerprint density at radius 2 is 1.91 bits per heavy atom. The van der Waals surface area contributed by atoms with Crippen LogP contribution >= 0.6 is 11.3 Å². The van der Waals surface area contributed by atoms with Gasteiger partial charge in [0.1, 0.15) is 5.76 Å². The largest absolute Gasteiger partial charge is 0.467 e. The van der Waals surface area contributed by atoms with E-state index in [4.69, 9.17) is 9.40 Å². The van der Waals surface area contributed by atoms with Crippen molar-refractivity contribution in [2.75, 3.05) is 4.90 Å². The number of hydrogen-bond donors (Lipinski definition) is 0. The minimum atomic E-state index is -3.51. The zero-order valence-corrected chi connectivity index (χ0v) is 20.0. The van der Waals surface area contributed by atoms with Crippen LogP contribution in [0.5, 0.6) is 0 Å². The molecule has 0 saturated carbocycles. The summed E-state index contributed by atoms with van der Waals surface area (Å²) in [6.45, 7) is 7.47. The fourth-order valence-electron chi connectivity index (χ4n) is 3.50. The number of rotatable bonds is 6. The second-order valence-electron chi connectivity index (χ2n) is 8.02. The zero-order chi connectivity index (χ0) is 23.0. The first-order valence-electron chi connectivity index (χ1n) is 10.2. The van der Waals surface area contributed by atoms with Gasteiger partial charge in [-0.15, -0.1) is 0 Å². The molecule has 4 aromatic rings. The topological polar surface area (TPSA) is 80.5 Å². The van der Waals surface area contributed by atoms with Gasteiger partial charge in [-0.3, -0.25) is 9.69 Å². The molecule has 2 heterocycles. The summed E-state index contributed by atoms with van der Waals surface area (Å²) in [6.07, 6.45) is 1.56. The predicted molar refractivity (Wildman–Crippen MR) is 127 cm³/mol. The number of furan rings is 1. The summed E-state index contributed by atoms with van der Waals surface area (Å²) in [6, 6.07) is 13.8. The molecule has 0 aliphatic rings. The highest BCUT2D eigenvalue weighted by Crippen LogP contribution is 2.34. The van der Waals surface area contributed by atoms with Gasteiger partial charge in [0.2, 0.25) is 0 Å². The lowest BCUT2D eigenvalue weighted by Gasteiger charge is -2.19. The highest BCUT2D eigenvalue weighted by Gasteiger charge is 2.26. The van der Waals surface area contributed by atoms with Crippen LogP contribution in [-0.4, -0.2) is 24.6 Å². The number of hydrogen-bond acceptors (Lipinski definition) is 6. The molecular weight excluding hydrogens is 444 g/mol. The molecule has 8 heteroatoms. The number of carbonyl (C=O) groups is 1. The van der Waals surface area contributed by atoms with E-state index in [0.717, 1.165) is 21.3 Å². The van der Waals surface area contributed by atoms with Crippen LogP contribution in [0.25, 0.3) is 10.2 Å². The van der Waals surface area contributed by atoms with Gasteiger partial charge in [0.15, 0.2) is 15.0 Å². The molecule has 0 unspecified atom stereocenters. The molecule has 0 atom stereocenters. The molecule has 166 valence electrons. The molecule has 1 amide bonds. The van der Waals surface area contributed by atoms with Crippen molar-refractivity contribution < 1.29 is 17.6 Å². The van der Waals surface area contributed by atoms with Gasteiger partial charge < -0.3 is 4.42 Å². The van der Waals surface area contributed by atoms with Crippen molar-refractivity contribution in [1.82, 2.24) is 4.98 Å². The number of thiazole rings is 1. The Morgan fingerprint density at radius 3 is 2.59 bits per heavy atom. The van der Waals surface area contributed by atoms with Crippen molar-refractivity contribution in [3.05, 3.63) is 77.2 Å². The molecule has 0 fully saturated rings. The average molecular weight is 469 g/mol. The number of aromatic nitrogens is 1. The van der Waals surface area contributed by atoms with Crippen LogP contribution in [0.1, 0.15) is 41.1 Å². The Balaban J connectivity index is 1.80. The van der Waals surface area contributed by atoms with E-state index in [9.17, 15) is 13.2 Å². The van der Waals surface area contributed by atoms with Gasteiger partial charge in [-0.2, -0.15) is 0 Å². The van der Waals surface area contributed by atoms with Crippen molar-refractivity contribution in [2.24, 2.45) is 0 Å². The third kappa shape index (κ3) is 4.20. The first-order chi connectivity index (χ1) is 15.2. The minimum Gasteiger partial charge on any atom is -0.467 e. The first-order valence-corrected chi connectivity index (χ1v) is 12.6. The van der Waals surface area contributed by atoms with E-state index < -0.39 is 15.1 Å². The maximum atomic E-state index is 13.6. The molecule has 0 radical (unpaired) electrons. The number of sulfone groups is 1. The monoisotopic (exact) mass is 468 g/mol. The summed E-state index contributed by atoms with van der Waals surface area (Å²) < 4.78 is 31.8. The summed E-state index contributed by atoms with van der Waals surface area (Å²) in [5, 5.41) is -0.0465. The van der Waals surface area contributed by atoms with E-state index in [1.54, 1.807) is 49.3 Å². The van der Waals surface area contributed by atoms with E-state index in [1.165, 1.54) is 23.5 Å². The molecule has 0 aliphatic heterocycles. The lowest BCUT2D eigenvalue weighted by Crippen LogP contribution is -2.30. The van der Waals surface area contributed by atoms with E-state index in [0.29, 0.717) is 10.9 Å². The third-order valence-electron chi connectivity index (χ3n) is 5.21. The summed E-state index contributed by atoms with van der Waals surface area (Å²) in [4.78, 5) is 20.0. The number of nitrogens with zero attached hydrogens (tertiary/aromatic N) is 2. The maximum absolute atomic E-state index is 13.6. The van der Waals surface area contributed by atoms with Gasteiger partial charge in [-0.05, 0) is 75.2 Å². The van der Waals surface area contributed by atoms with Crippen LogP contribution in [0.2, 0.25) is 0 Å². The second-order valence-corrected chi connectivity index (χ2v) is 11.5. The van der Waals surface area contributed by atoms with Gasteiger partial charge in [0, 0.05) is 5.56 Å². The number of aryl methyl sites for hydroxylation is 2. The fourth-order valence-corrected chi connectivity index (χ4v) is 5.62. The van der Waals surface area contributed by atoms with Crippen molar-refractivity contribution in [3.8, 4) is 0 Å². The van der Waals surface area contributed by atoms with E-state index in [-0.39, 0.29) is 22.9 Å². The lowest BCUT2D eigenvalue weighted by atomic mass is 10.1. The van der Waals surface area contributed by atoms with Crippen LogP contribution in [0.4, 0.5) is 5.13 Å². The molecule has 2 aromatic carbocycles. The summed E-state index contributed by atoms with van der Waals surface area (Å²) in [5.41, 5.74) is 3.31. The SMILES string of the molecule is Cc1cc(C)c2sc(N(Cc3ccco3)C(=O)c3cccc(S(=O)(=O)C(C)C)c3)nc2c1. The Kier molecular flexibility index (Phi) is 5.92. The molecule has 0 saturated heterocycles. The molecule has 0 spiro atoms. The van der Waals surface area contributed by atoms with Crippen LogP contribution in [0.15, 0.2) is 64.1 Å². The van der Waals surface area contributed by atoms with Crippen LogP contribution < -0.4 is 4.90 Å². The smallest absolute Gasteiger partial charge is 0.260 e. The Morgan fingerprint density at radius 1 is 1.12 bits per heavy atom. The number of anilines is 1. The van der Waals surface area contributed by atoms with Crippen molar-refractivity contribution in [2.45, 2.75) is 44.4 Å². The zero-order valence-electron chi connectivity index (χ0n) is 18.3. The lowest BCUT2D eigenvalue weighted by molar-refractivity contribution is 0.0983. The van der Waals surface area contributed by atoms with Crippen molar-refractivity contribution in [3.63, 3.8) is 0 Å². The average Bonchev–Trinajstić information content (AvgIpc) is 3.41. The molecule has 0 N–H and O–H groups in total. The van der Waals surface area contributed by atoms with Crippen LogP contribution in [0.3, 0.4) is 0 Å². The first kappa shape index (κ1) is 22.2. The van der Waals surface area contributed by atoms with E-state index in [2.05, 4.69) is 6.07 Å². The number of benzene rings is 2. The van der Waals surface area contributed by atoms with Gasteiger partial charge in [-0.1, -0.05) is 23.5 Å². The van der Waals surface area contributed by atoms with Gasteiger partial charge >= 0.3 is 0 Å². The van der Waals surface area contributed by atoms with Crippen molar-refractivity contribution in [1.29, 1.82) is 0 Å². The molecular formula is C24H24N2O4S2. The summed E-state index contributed by atoms with van der Waals surface area (Å²) in [5.74, 6) is 0.270. The number of fused-ring (bicyclic) bond motifs is 1. The van der Waals surface area contributed by atoms with E-state index >= 15 is 0 Å². The Hall–Kier alpha value is -2.97. The summed E-state index contributed by atoms with van der Waals surface area (Å²) in [7, 11) is -3.51. The maximum Gasteiger partial charge on any atom is 0.260 e. The Labute approximate surface area is 191 Å². The van der Waals surface area contributed by atoms with Crippen molar-refractivity contribution >= 4 is 42.4 Å². The predicted octanol–water partition coefficient (Wildman–Crippen LogP) is 5.54. The van der Waals surface area contributed by atoms with Gasteiger partial charge in [-0.25, -0.2) is 13.4 Å². The fraction of sp³-hybridized carbons (Fsp3) is 0.250. The van der Waals surface area contributed by atoms with Crippen LogP contribution in [-0.2, 0) is 16.4 Å². The highest BCUT2D eigenvalue weighted by molar-refractivity contribution is 7.92. The third-order valence-corrected chi connectivity index (χ3v) is 8.59. The minimum absolute atomic E-state index is 0.132. The van der Waals surface area contributed by atoms with Gasteiger partial charge in [0.25, 0.3) is 5.91 Å². The molecule has 6 nitrogen and oxygen atoms in total. The summed E-state index contributed by atoms with van der Waals surface area (Å²) >= 11 is 1.43. The molecule has 32 heavy (non-hydrogen) atoms. The Bertz CT molecular complexity index is 1390. The normalized spacial score (nSPS) is 11.9. The molecule has 0 aliphatic carbocycles.